The van der Waals surface area contributed by atoms with Crippen LogP contribution in [0.5, 0.6) is 11.8 Å². The number of fused-ring (bicyclic) bond motifs is 1. The molecule has 7 heteroatoms. The molecule has 0 saturated carbocycles. The summed E-state index contributed by atoms with van der Waals surface area (Å²) in [6.07, 6.45) is 0. The van der Waals surface area contributed by atoms with Crippen LogP contribution in [0.25, 0.3) is 10.8 Å². The second-order valence-corrected chi connectivity index (χ2v) is 4.94. The van der Waals surface area contributed by atoms with E-state index in [4.69, 9.17) is 10.00 Å². The number of nitrogens with zero attached hydrogens (tertiary/aromatic N) is 2. The van der Waals surface area contributed by atoms with Gasteiger partial charge in [0.15, 0.2) is 0 Å². The van der Waals surface area contributed by atoms with Crippen molar-refractivity contribution in [2.45, 2.75) is 6.61 Å². The molecule has 1 heterocycles. The van der Waals surface area contributed by atoms with Crippen molar-refractivity contribution in [1.82, 2.24) is 4.98 Å². The molecule has 0 aliphatic carbocycles. The lowest BCUT2D eigenvalue weighted by molar-refractivity contribution is 0.287. The number of aromatic nitrogens is 1. The quantitative estimate of drug-likeness (QED) is 0.793. The molecule has 0 saturated heterocycles. The standard InChI is InChI=1S/C17H9F3N2O2/c18-10-3-4-12-13(5-10)17(22-16(23)14(12)7-21)24-8-9-1-2-11(19)6-15(9)20/h1-6H,8H2,(H,22,23). The monoisotopic (exact) mass is 330 g/mol. The smallest absolute Gasteiger partial charge is 0.233 e. The van der Waals surface area contributed by atoms with Gasteiger partial charge in [-0.25, -0.2) is 13.2 Å². The molecule has 0 bridgehead atoms. The van der Waals surface area contributed by atoms with Crippen LogP contribution in [0.2, 0.25) is 0 Å². The third-order valence-electron chi connectivity index (χ3n) is 3.40. The molecule has 3 aromatic rings. The Labute approximate surface area is 134 Å². The summed E-state index contributed by atoms with van der Waals surface area (Å²) in [6.45, 7) is -0.309. The molecule has 1 aromatic heterocycles. The van der Waals surface area contributed by atoms with Crippen LogP contribution in [0.4, 0.5) is 13.2 Å². The minimum absolute atomic E-state index is 0.0617. The Balaban J connectivity index is 2.03. The van der Waals surface area contributed by atoms with Crippen LogP contribution in [-0.4, -0.2) is 10.1 Å². The van der Waals surface area contributed by atoms with E-state index in [-0.39, 0.29) is 34.4 Å². The Morgan fingerprint density at radius 3 is 2.46 bits per heavy atom. The molecule has 1 N–H and O–H groups in total. The fraction of sp³-hybridized carbons (Fsp3) is 0.0588. The molecule has 2 aromatic carbocycles. The third kappa shape index (κ3) is 2.82. The van der Waals surface area contributed by atoms with Crippen molar-refractivity contribution in [3.8, 4) is 17.8 Å². The first-order valence-electron chi connectivity index (χ1n) is 6.78. The Kier molecular flexibility index (Phi) is 3.96. The molecule has 24 heavy (non-hydrogen) atoms. The molecular formula is C17H9F3N2O2. The summed E-state index contributed by atoms with van der Waals surface area (Å²) >= 11 is 0. The zero-order chi connectivity index (χ0) is 17.3. The molecule has 0 aliphatic rings. The van der Waals surface area contributed by atoms with Crippen molar-refractivity contribution < 1.29 is 23.0 Å². The lowest BCUT2D eigenvalue weighted by Gasteiger charge is -2.11. The van der Waals surface area contributed by atoms with Crippen LogP contribution < -0.4 is 4.74 Å². The van der Waals surface area contributed by atoms with Crippen LogP contribution in [0, 0.1) is 28.8 Å². The van der Waals surface area contributed by atoms with E-state index in [2.05, 4.69) is 4.98 Å². The maximum Gasteiger partial charge on any atom is 0.233 e. The maximum absolute atomic E-state index is 13.6. The predicted molar refractivity (Wildman–Crippen MR) is 78.8 cm³/mol. The van der Waals surface area contributed by atoms with Crippen LogP contribution in [0.15, 0.2) is 36.4 Å². The zero-order valence-corrected chi connectivity index (χ0v) is 12.1. The van der Waals surface area contributed by atoms with Gasteiger partial charge in [-0.1, -0.05) is 0 Å². The highest BCUT2D eigenvalue weighted by atomic mass is 19.1. The SMILES string of the molecule is N#Cc1c(O)nc(OCc2ccc(F)cc2F)c2cc(F)ccc12. The van der Waals surface area contributed by atoms with Gasteiger partial charge in [0.1, 0.15) is 35.7 Å². The second kappa shape index (κ2) is 6.08. The third-order valence-corrected chi connectivity index (χ3v) is 3.40. The normalized spacial score (nSPS) is 10.6. The van der Waals surface area contributed by atoms with Gasteiger partial charge in [-0.3, -0.25) is 0 Å². The average molecular weight is 330 g/mol. The van der Waals surface area contributed by atoms with E-state index >= 15 is 0 Å². The molecule has 4 nitrogen and oxygen atoms in total. The zero-order valence-electron chi connectivity index (χ0n) is 12.1. The van der Waals surface area contributed by atoms with Crippen molar-refractivity contribution in [2.24, 2.45) is 0 Å². The number of pyridine rings is 1. The lowest BCUT2D eigenvalue weighted by atomic mass is 10.1. The Morgan fingerprint density at radius 1 is 1.04 bits per heavy atom. The number of hydrogen-bond donors (Lipinski definition) is 1. The summed E-state index contributed by atoms with van der Waals surface area (Å²) in [6, 6.07) is 8.31. The second-order valence-electron chi connectivity index (χ2n) is 4.94. The summed E-state index contributed by atoms with van der Waals surface area (Å²) in [5.41, 5.74) is -0.0584. The van der Waals surface area contributed by atoms with E-state index in [0.29, 0.717) is 6.07 Å². The Hall–Kier alpha value is -3.27. The molecule has 3 rings (SSSR count). The topological polar surface area (TPSA) is 66.1 Å². The lowest BCUT2D eigenvalue weighted by Crippen LogP contribution is -2.02. The number of rotatable bonds is 3. The van der Waals surface area contributed by atoms with Crippen LogP contribution in [0.3, 0.4) is 0 Å². The summed E-state index contributed by atoms with van der Waals surface area (Å²) in [5, 5.41) is 19.3. The summed E-state index contributed by atoms with van der Waals surface area (Å²) < 4.78 is 45.4. The highest BCUT2D eigenvalue weighted by Gasteiger charge is 2.16. The van der Waals surface area contributed by atoms with E-state index in [9.17, 15) is 18.3 Å². The van der Waals surface area contributed by atoms with Crippen LogP contribution >= 0.6 is 0 Å². The van der Waals surface area contributed by atoms with Gasteiger partial charge < -0.3 is 9.84 Å². The average Bonchev–Trinajstić information content (AvgIpc) is 2.54. The summed E-state index contributed by atoms with van der Waals surface area (Å²) in [4.78, 5) is 3.72. The van der Waals surface area contributed by atoms with Gasteiger partial charge >= 0.3 is 0 Å². The van der Waals surface area contributed by atoms with Crippen LogP contribution in [0.1, 0.15) is 11.1 Å². The van der Waals surface area contributed by atoms with Gasteiger partial charge in [0.05, 0.1) is 0 Å². The highest BCUT2D eigenvalue weighted by molar-refractivity contribution is 5.92. The number of benzene rings is 2. The minimum Gasteiger partial charge on any atom is -0.492 e. The Morgan fingerprint density at radius 2 is 1.75 bits per heavy atom. The van der Waals surface area contributed by atoms with Crippen molar-refractivity contribution in [2.75, 3.05) is 0 Å². The van der Waals surface area contributed by atoms with E-state index in [1.165, 1.54) is 12.1 Å². The van der Waals surface area contributed by atoms with E-state index < -0.39 is 23.3 Å². The van der Waals surface area contributed by atoms with Gasteiger partial charge in [-0.15, -0.1) is 0 Å². The van der Waals surface area contributed by atoms with Gasteiger partial charge in [0.2, 0.25) is 11.8 Å². The molecule has 0 aliphatic heterocycles. The first-order valence-corrected chi connectivity index (χ1v) is 6.78. The van der Waals surface area contributed by atoms with Crippen molar-refractivity contribution in [1.29, 1.82) is 5.26 Å². The number of aromatic hydroxyl groups is 1. The first-order chi connectivity index (χ1) is 11.5. The Bertz CT molecular complexity index is 984. The molecule has 0 spiro atoms. The largest absolute Gasteiger partial charge is 0.492 e. The molecule has 0 fully saturated rings. The van der Waals surface area contributed by atoms with E-state index in [1.807, 2.05) is 0 Å². The summed E-state index contributed by atoms with van der Waals surface area (Å²) in [7, 11) is 0. The van der Waals surface area contributed by atoms with Gasteiger partial charge in [0.25, 0.3) is 0 Å². The predicted octanol–water partition coefficient (Wildman–Crippen LogP) is 3.81. The van der Waals surface area contributed by atoms with E-state index in [1.54, 1.807) is 6.07 Å². The summed E-state index contributed by atoms with van der Waals surface area (Å²) in [5.74, 6) is -2.85. The fourth-order valence-corrected chi connectivity index (χ4v) is 2.25. The number of nitriles is 1. The van der Waals surface area contributed by atoms with Gasteiger partial charge in [0, 0.05) is 22.4 Å². The van der Waals surface area contributed by atoms with Crippen molar-refractivity contribution >= 4 is 10.8 Å². The first kappa shape index (κ1) is 15.6. The van der Waals surface area contributed by atoms with Gasteiger partial charge in [-0.05, 0) is 30.3 Å². The molecule has 0 amide bonds. The van der Waals surface area contributed by atoms with Gasteiger partial charge in [-0.2, -0.15) is 10.2 Å². The minimum atomic E-state index is -0.802. The van der Waals surface area contributed by atoms with Crippen molar-refractivity contribution in [3.63, 3.8) is 0 Å². The fourth-order valence-electron chi connectivity index (χ4n) is 2.25. The maximum atomic E-state index is 13.6. The number of halogens is 3. The molecule has 120 valence electrons. The molecule has 0 unspecified atom stereocenters. The molecular weight excluding hydrogens is 321 g/mol. The molecule has 0 radical (unpaired) electrons. The highest BCUT2D eigenvalue weighted by Crippen LogP contribution is 2.32. The molecule has 0 atom stereocenters. The van der Waals surface area contributed by atoms with Crippen LogP contribution in [-0.2, 0) is 6.61 Å². The van der Waals surface area contributed by atoms with E-state index in [0.717, 1.165) is 18.2 Å². The number of hydrogen-bond acceptors (Lipinski definition) is 4. The van der Waals surface area contributed by atoms with Crippen molar-refractivity contribution in [3.05, 3.63) is 65.0 Å². The number of ether oxygens (including phenoxy) is 1.